The lowest BCUT2D eigenvalue weighted by atomic mass is 9.95. The van der Waals surface area contributed by atoms with Gasteiger partial charge in [-0.1, -0.05) is 11.6 Å². The summed E-state index contributed by atoms with van der Waals surface area (Å²) in [5, 5.41) is 3.35. The number of primary amides is 1. The minimum Gasteiger partial charge on any atom is -0.482 e. The number of nitrogens with two attached hydrogens (primary N) is 1. The summed E-state index contributed by atoms with van der Waals surface area (Å²) in [4.78, 5) is 36.8. The molecule has 1 aliphatic rings. The quantitative estimate of drug-likeness (QED) is 0.695. The molecule has 0 saturated carbocycles. The second-order valence-corrected chi connectivity index (χ2v) is 7.77. The molecule has 2 amide bonds. The van der Waals surface area contributed by atoms with E-state index in [1.165, 1.54) is 36.6 Å². The summed E-state index contributed by atoms with van der Waals surface area (Å²) in [5.74, 6) is -1.25. The van der Waals surface area contributed by atoms with Crippen molar-refractivity contribution in [3.63, 3.8) is 0 Å². The number of ether oxygens (including phenoxy) is 2. The highest BCUT2D eigenvalue weighted by Crippen LogP contribution is 2.37. The molecule has 0 unspecified atom stereocenters. The van der Waals surface area contributed by atoms with Crippen molar-refractivity contribution in [2.45, 2.75) is 25.7 Å². The van der Waals surface area contributed by atoms with Crippen LogP contribution in [0, 0.1) is 0 Å². The Balaban J connectivity index is 1.68. The van der Waals surface area contributed by atoms with Gasteiger partial charge in [-0.2, -0.15) is 0 Å². The molecule has 9 heteroatoms. The molecule has 148 valence electrons. The predicted octanol–water partition coefficient (Wildman–Crippen LogP) is 3.18. The van der Waals surface area contributed by atoms with Crippen LogP contribution in [0.3, 0.4) is 0 Å². The number of esters is 1. The second-order valence-electron chi connectivity index (χ2n) is 6.25. The first-order valence-corrected chi connectivity index (χ1v) is 9.85. The Hall–Kier alpha value is -2.58. The number of hydrogen-bond donors (Lipinski definition) is 2. The van der Waals surface area contributed by atoms with Crippen molar-refractivity contribution in [1.82, 2.24) is 0 Å². The van der Waals surface area contributed by atoms with Crippen molar-refractivity contribution in [3.05, 3.63) is 44.8 Å². The number of hydrogen-bond acceptors (Lipinski definition) is 6. The van der Waals surface area contributed by atoms with Crippen LogP contribution in [0.5, 0.6) is 5.75 Å². The number of fused-ring (bicyclic) bond motifs is 1. The van der Waals surface area contributed by atoms with Crippen molar-refractivity contribution >= 4 is 45.7 Å². The summed E-state index contributed by atoms with van der Waals surface area (Å²) in [6.45, 7) is -0.307. The molecular formula is C19H19ClN2O5S. The molecule has 1 heterocycles. The lowest BCUT2D eigenvalue weighted by molar-refractivity contribution is -0.118. The van der Waals surface area contributed by atoms with E-state index in [1.54, 1.807) is 0 Å². The number of rotatable bonds is 6. The third-order valence-electron chi connectivity index (χ3n) is 4.38. The molecule has 2 aromatic rings. The standard InChI is InChI=1S/C19H19ClN2O5S/c1-26-19(25)10-6-7-13(12(20)8-10)27-9-15(23)22-18-16(17(21)24)11-4-2-3-5-14(11)28-18/h6-8H,2-5,9H2,1H3,(H2,21,24)(H,22,23). The average molecular weight is 423 g/mol. The number of benzene rings is 1. The number of aryl methyl sites for hydroxylation is 1. The first-order chi connectivity index (χ1) is 13.4. The van der Waals surface area contributed by atoms with Gasteiger partial charge in [-0.15, -0.1) is 11.3 Å². The Labute approximate surface area is 170 Å². The molecule has 1 aromatic carbocycles. The fourth-order valence-corrected chi connectivity index (χ4v) is 4.63. The van der Waals surface area contributed by atoms with Gasteiger partial charge in [-0.3, -0.25) is 9.59 Å². The van der Waals surface area contributed by atoms with Gasteiger partial charge in [0, 0.05) is 4.88 Å². The van der Waals surface area contributed by atoms with Gasteiger partial charge in [0.2, 0.25) is 0 Å². The number of amides is 2. The number of carbonyl (C=O) groups is 3. The van der Waals surface area contributed by atoms with Crippen LogP contribution in [0.1, 0.15) is 44.0 Å². The molecule has 3 N–H and O–H groups in total. The van der Waals surface area contributed by atoms with Crippen LogP contribution in [0.15, 0.2) is 18.2 Å². The molecule has 1 aliphatic carbocycles. The largest absolute Gasteiger partial charge is 0.482 e. The molecule has 0 bridgehead atoms. The van der Waals surface area contributed by atoms with Gasteiger partial charge in [0.1, 0.15) is 10.8 Å². The van der Waals surface area contributed by atoms with Crippen molar-refractivity contribution in [2.75, 3.05) is 19.0 Å². The molecule has 0 radical (unpaired) electrons. The van der Waals surface area contributed by atoms with E-state index in [0.717, 1.165) is 36.1 Å². The zero-order valence-electron chi connectivity index (χ0n) is 15.2. The Bertz CT molecular complexity index is 941. The van der Waals surface area contributed by atoms with Gasteiger partial charge in [0.15, 0.2) is 6.61 Å². The summed E-state index contributed by atoms with van der Waals surface area (Å²) in [7, 11) is 1.27. The number of nitrogens with one attached hydrogen (secondary N) is 1. The smallest absolute Gasteiger partial charge is 0.337 e. The average Bonchev–Trinajstić information content (AvgIpc) is 3.04. The second kappa shape index (κ2) is 8.62. The molecule has 3 rings (SSSR count). The van der Waals surface area contributed by atoms with Crippen LogP contribution in [0.25, 0.3) is 0 Å². The third kappa shape index (κ3) is 4.28. The number of carbonyl (C=O) groups excluding carboxylic acids is 3. The van der Waals surface area contributed by atoms with E-state index in [4.69, 9.17) is 22.1 Å². The molecule has 0 aliphatic heterocycles. The fourth-order valence-electron chi connectivity index (χ4n) is 3.08. The highest BCUT2D eigenvalue weighted by atomic mass is 35.5. The maximum atomic E-state index is 12.3. The summed E-state index contributed by atoms with van der Waals surface area (Å²) >= 11 is 7.47. The van der Waals surface area contributed by atoms with Gasteiger partial charge in [-0.05, 0) is 49.4 Å². The minimum atomic E-state index is -0.544. The number of thiophene rings is 1. The monoisotopic (exact) mass is 422 g/mol. The fraction of sp³-hybridized carbons (Fsp3) is 0.316. The minimum absolute atomic E-state index is 0.181. The molecule has 0 atom stereocenters. The Morgan fingerprint density at radius 2 is 2.00 bits per heavy atom. The third-order valence-corrected chi connectivity index (χ3v) is 5.89. The van der Waals surface area contributed by atoms with E-state index in [2.05, 4.69) is 10.1 Å². The van der Waals surface area contributed by atoms with Crippen molar-refractivity contribution in [1.29, 1.82) is 0 Å². The maximum Gasteiger partial charge on any atom is 0.337 e. The van der Waals surface area contributed by atoms with E-state index in [1.807, 2.05) is 0 Å². The molecule has 0 fully saturated rings. The van der Waals surface area contributed by atoms with E-state index < -0.39 is 17.8 Å². The van der Waals surface area contributed by atoms with Crippen molar-refractivity contribution < 1.29 is 23.9 Å². The van der Waals surface area contributed by atoms with Gasteiger partial charge in [0.25, 0.3) is 11.8 Å². The van der Waals surface area contributed by atoms with Crippen LogP contribution in [-0.4, -0.2) is 31.5 Å². The Morgan fingerprint density at radius 3 is 2.68 bits per heavy atom. The summed E-state index contributed by atoms with van der Waals surface area (Å²) in [6.07, 6.45) is 3.73. The summed E-state index contributed by atoms with van der Waals surface area (Å²) < 4.78 is 10.1. The van der Waals surface area contributed by atoms with Gasteiger partial charge >= 0.3 is 5.97 Å². The van der Waals surface area contributed by atoms with E-state index in [-0.39, 0.29) is 22.9 Å². The highest BCUT2D eigenvalue weighted by Gasteiger charge is 2.25. The zero-order valence-corrected chi connectivity index (χ0v) is 16.7. The highest BCUT2D eigenvalue weighted by molar-refractivity contribution is 7.17. The molecular weight excluding hydrogens is 404 g/mol. The van der Waals surface area contributed by atoms with Crippen LogP contribution in [0.4, 0.5) is 5.00 Å². The maximum absolute atomic E-state index is 12.3. The Kier molecular flexibility index (Phi) is 6.21. The van der Waals surface area contributed by atoms with Crippen LogP contribution < -0.4 is 15.8 Å². The molecule has 7 nitrogen and oxygen atoms in total. The van der Waals surface area contributed by atoms with Crippen LogP contribution in [0.2, 0.25) is 5.02 Å². The first kappa shape index (κ1) is 20.2. The normalized spacial score (nSPS) is 12.8. The van der Waals surface area contributed by atoms with Gasteiger partial charge in [0.05, 0.1) is 23.3 Å². The van der Waals surface area contributed by atoms with Crippen LogP contribution in [-0.2, 0) is 22.4 Å². The topological polar surface area (TPSA) is 108 Å². The molecule has 0 spiro atoms. The molecule has 1 aromatic heterocycles. The van der Waals surface area contributed by atoms with Crippen molar-refractivity contribution in [2.24, 2.45) is 5.73 Å². The summed E-state index contributed by atoms with van der Waals surface area (Å²) in [5.41, 5.74) is 7.14. The van der Waals surface area contributed by atoms with E-state index in [0.29, 0.717) is 10.6 Å². The SMILES string of the molecule is COC(=O)c1ccc(OCC(=O)Nc2sc3c(c2C(N)=O)CCCC3)c(Cl)c1. The number of anilines is 1. The zero-order chi connectivity index (χ0) is 20.3. The Morgan fingerprint density at radius 1 is 1.25 bits per heavy atom. The molecule has 28 heavy (non-hydrogen) atoms. The molecule has 0 saturated heterocycles. The van der Waals surface area contributed by atoms with Gasteiger partial charge in [-0.25, -0.2) is 4.79 Å². The van der Waals surface area contributed by atoms with E-state index >= 15 is 0 Å². The van der Waals surface area contributed by atoms with Crippen molar-refractivity contribution in [3.8, 4) is 5.75 Å². The van der Waals surface area contributed by atoms with Crippen LogP contribution >= 0.6 is 22.9 Å². The lowest BCUT2D eigenvalue weighted by Crippen LogP contribution is -2.22. The first-order valence-electron chi connectivity index (χ1n) is 8.65. The summed E-state index contributed by atoms with van der Waals surface area (Å²) in [6, 6.07) is 4.38. The lowest BCUT2D eigenvalue weighted by Gasteiger charge is -2.11. The predicted molar refractivity (Wildman–Crippen MR) is 106 cm³/mol. The number of halogens is 1. The van der Waals surface area contributed by atoms with E-state index in [9.17, 15) is 14.4 Å². The van der Waals surface area contributed by atoms with Gasteiger partial charge < -0.3 is 20.5 Å². The number of methoxy groups -OCH3 is 1.